The third-order valence-electron chi connectivity index (χ3n) is 4.00. The van der Waals surface area contributed by atoms with Crippen molar-refractivity contribution in [1.82, 2.24) is 5.32 Å². The van der Waals surface area contributed by atoms with Gasteiger partial charge in [-0.15, -0.1) is 0 Å². The van der Waals surface area contributed by atoms with Gasteiger partial charge in [-0.1, -0.05) is 40.0 Å². The van der Waals surface area contributed by atoms with Crippen molar-refractivity contribution in [3.8, 4) is 0 Å². The summed E-state index contributed by atoms with van der Waals surface area (Å²) in [5, 5.41) is 2.91. The van der Waals surface area contributed by atoms with Crippen LogP contribution in [0.5, 0.6) is 0 Å². The monoisotopic (exact) mass is 289 g/mol. The third-order valence-corrected chi connectivity index (χ3v) is 5.90. The number of carbonyl (C=O) groups is 1. The Labute approximate surface area is 117 Å². The zero-order chi connectivity index (χ0) is 14.5. The fourth-order valence-corrected chi connectivity index (χ4v) is 4.81. The summed E-state index contributed by atoms with van der Waals surface area (Å²) in [6.07, 6.45) is 4.92. The van der Waals surface area contributed by atoms with E-state index in [1.807, 2.05) is 6.92 Å². The van der Waals surface area contributed by atoms with Crippen molar-refractivity contribution < 1.29 is 13.2 Å². The van der Waals surface area contributed by atoms with E-state index in [-0.39, 0.29) is 29.4 Å². The number of rotatable bonds is 7. The van der Waals surface area contributed by atoms with Gasteiger partial charge in [-0.05, 0) is 18.3 Å². The Balaban J connectivity index is 2.42. The highest BCUT2D eigenvalue weighted by molar-refractivity contribution is 7.91. The molecule has 1 rings (SSSR count). The minimum absolute atomic E-state index is 0.0110. The van der Waals surface area contributed by atoms with Crippen LogP contribution in [0.25, 0.3) is 0 Å². The standard InChI is InChI=1S/C14H27NO3S/c1-4-6-7-12(5-2)8-14(16)15-13-10-19(17,18)9-11(13)3/h11-13H,4-10H2,1-3H3,(H,15,16)/t11-,12?,13+/m0/s1. The second-order valence-corrected chi connectivity index (χ2v) is 8.00. The van der Waals surface area contributed by atoms with Gasteiger partial charge in [0.05, 0.1) is 11.5 Å². The van der Waals surface area contributed by atoms with Gasteiger partial charge < -0.3 is 5.32 Å². The molecule has 1 saturated heterocycles. The van der Waals surface area contributed by atoms with E-state index in [2.05, 4.69) is 19.2 Å². The Morgan fingerprint density at radius 3 is 2.47 bits per heavy atom. The number of carbonyl (C=O) groups excluding carboxylic acids is 1. The number of nitrogens with one attached hydrogen (secondary N) is 1. The maximum atomic E-state index is 12.0. The lowest BCUT2D eigenvalue weighted by Gasteiger charge is -2.19. The van der Waals surface area contributed by atoms with Gasteiger partial charge in [-0.25, -0.2) is 8.42 Å². The topological polar surface area (TPSA) is 63.2 Å². The lowest BCUT2D eigenvalue weighted by Crippen LogP contribution is -2.39. The second-order valence-electron chi connectivity index (χ2n) is 5.85. The highest BCUT2D eigenvalue weighted by atomic mass is 32.2. The summed E-state index contributed by atoms with van der Waals surface area (Å²) in [6.45, 7) is 6.15. The maximum absolute atomic E-state index is 12.0. The number of hydrogen-bond acceptors (Lipinski definition) is 3. The van der Waals surface area contributed by atoms with Crippen LogP contribution in [0.1, 0.15) is 52.9 Å². The second kappa shape index (κ2) is 7.27. The first-order chi connectivity index (χ1) is 8.88. The molecule has 0 saturated carbocycles. The largest absolute Gasteiger partial charge is 0.352 e. The molecule has 1 aliphatic rings. The van der Waals surface area contributed by atoms with E-state index in [9.17, 15) is 13.2 Å². The summed E-state index contributed by atoms with van der Waals surface area (Å²) in [7, 11) is -2.95. The molecule has 19 heavy (non-hydrogen) atoms. The van der Waals surface area contributed by atoms with Crippen molar-refractivity contribution in [3.63, 3.8) is 0 Å². The summed E-state index contributed by atoms with van der Waals surface area (Å²) in [5.74, 6) is 0.770. The lowest BCUT2D eigenvalue weighted by molar-refractivity contribution is -0.122. The summed E-state index contributed by atoms with van der Waals surface area (Å²) in [4.78, 5) is 12.0. The molecule has 0 spiro atoms. The quantitative estimate of drug-likeness (QED) is 0.781. The molecule has 1 aliphatic heterocycles. The first kappa shape index (κ1) is 16.5. The third kappa shape index (κ3) is 5.51. The van der Waals surface area contributed by atoms with Crippen LogP contribution < -0.4 is 5.32 Å². The lowest BCUT2D eigenvalue weighted by atomic mass is 9.95. The van der Waals surface area contributed by atoms with Crippen molar-refractivity contribution in [3.05, 3.63) is 0 Å². The van der Waals surface area contributed by atoms with E-state index in [0.29, 0.717) is 12.3 Å². The summed E-state index contributed by atoms with van der Waals surface area (Å²) >= 11 is 0. The highest BCUT2D eigenvalue weighted by Gasteiger charge is 2.35. The van der Waals surface area contributed by atoms with Gasteiger partial charge in [-0.2, -0.15) is 0 Å². The Hall–Kier alpha value is -0.580. The minimum Gasteiger partial charge on any atom is -0.352 e. The van der Waals surface area contributed by atoms with Gasteiger partial charge in [-0.3, -0.25) is 4.79 Å². The summed E-state index contributed by atoms with van der Waals surface area (Å²) in [5.41, 5.74) is 0. The van der Waals surface area contributed by atoms with E-state index in [1.54, 1.807) is 0 Å². The maximum Gasteiger partial charge on any atom is 0.220 e. The fourth-order valence-electron chi connectivity index (χ4n) is 2.68. The van der Waals surface area contributed by atoms with Crippen molar-refractivity contribution in [2.24, 2.45) is 11.8 Å². The van der Waals surface area contributed by atoms with Crippen LogP contribution in [0.3, 0.4) is 0 Å². The van der Waals surface area contributed by atoms with Gasteiger partial charge >= 0.3 is 0 Å². The molecule has 0 aromatic carbocycles. The molecule has 3 atom stereocenters. The predicted molar refractivity (Wildman–Crippen MR) is 77.7 cm³/mol. The normalized spacial score (nSPS) is 27.1. The average molecular weight is 289 g/mol. The van der Waals surface area contributed by atoms with E-state index in [0.717, 1.165) is 25.7 Å². The van der Waals surface area contributed by atoms with Crippen molar-refractivity contribution >= 4 is 15.7 Å². The van der Waals surface area contributed by atoms with Crippen LogP contribution in [0.2, 0.25) is 0 Å². The smallest absolute Gasteiger partial charge is 0.220 e. The molecule has 4 nitrogen and oxygen atoms in total. The van der Waals surface area contributed by atoms with E-state index in [4.69, 9.17) is 0 Å². The first-order valence-corrected chi connectivity index (χ1v) is 9.19. The number of amides is 1. The molecule has 0 aromatic rings. The fraction of sp³-hybridized carbons (Fsp3) is 0.929. The molecule has 0 radical (unpaired) electrons. The van der Waals surface area contributed by atoms with E-state index in [1.165, 1.54) is 0 Å². The zero-order valence-corrected chi connectivity index (χ0v) is 13.1. The molecule has 1 amide bonds. The summed E-state index contributed by atoms with van der Waals surface area (Å²) < 4.78 is 23.0. The average Bonchev–Trinajstić information content (AvgIpc) is 2.57. The molecule has 1 heterocycles. The Bertz CT molecular complexity index is 391. The minimum atomic E-state index is -2.95. The van der Waals surface area contributed by atoms with Gasteiger partial charge in [0, 0.05) is 12.5 Å². The van der Waals surface area contributed by atoms with Crippen LogP contribution >= 0.6 is 0 Å². The highest BCUT2D eigenvalue weighted by Crippen LogP contribution is 2.20. The zero-order valence-electron chi connectivity index (χ0n) is 12.3. The Morgan fingerprint density at radius 1 is 1.32 bits per heavy atom. The van der Waals surface area contributed by atoms with Gasteiger partial charge in [0.25, 0.3) is 0 Å². The molecule has 1 fully saturated rings. The number of unbranched alkanes of at least 4 members (excludes halogenated alkanes) is 1. The molecular formula is C14H27NO3S. The van der Waals surface area contributed by atoms with Crippen LogP contribution in [0, 0.1) is 11.8 Å². The molecule has 0 aliphatic carbocycles. The predicted octanol–water partition coefficient (Wildman–Crippen LogP) is 2.14. The van der Waals surface area contributed by atoms with Crippen LogP contribution in [-0.4, -0.2) is 31.9 Å². The number of sulfone groups is 1. The van der Waals surface area contributed by atoms with Crippen molar-refractivity contribution in [2.75, 3.05) is 11.5 Å². The molecule has 5 heteroatoms. The molecule has 1 unspecified atom stereocenters. The SMILES string of the molecule is CCCCC(CC)CC(=O)N[C@@H]1CS(=O)(=O)C[C@@H]1C. The number of hydrogen-bond donors (Lipinski definition) is 1. The van der Waals surface area contributed by atoms with Gasteiger partial charge in [0.15, 0.2) is 9.84 Å². The summed E-state index contributed by atoms with van der Waals surface area (Å²) in [6, 6.07) is -0.193. The van der Waals surface area contributed by atoms with Crippen LogP contribution in [0.4, 0.5) is 0 Å². The molecule has 0 bridgehead atoms. The van der Waals surface area contributed by atoms with E-state index >= 15 is 0 Å². The van der Waals surface area contributed by atoms with Gasteiger partial charge in [0.2, 0.25) is 5.91 Å². The van der Waals surface area contributed by atoms with Crippen molar-refractivity contribution in [2.45, 2.75) is 58.9 Å². The molecular weight excluding hydrogens is 262 g/mol. The van der Waals surface area contributed by atoms with Crippen LogP contribution in [0.15, 0.2) is 0 Å². The Kier molecular flexibility index (Phi) is 6.30. The van der Waals surface area contributed by atoms with E-state index < -0.39 is 9.84 Å². The van der Waals surface area contributed by atoms with Gasteiger partial charge in [0.1, 0.15) is 0 Å². The Morgan fingerprint density at radius 2 is 2.00 bits per heavy atom. The van der Waals surface area contributed by atoms with Crippen LogP contribution in [-0.2, 0) is 14.6 Å². The first-order valence-electron chi connectivity index (χ1n) is 7.37. The molecule has 112 valence electrons. The van der Waals surface area contributed by atoms with Crippen molar-refractivity contribution in [1.29, 1.82) is 0 Å². The molecule has 0 aromatic heterocycles. The molecule has 1 N–H and O–H groups in total.